The fraction of sp³-hybridized carbons (Fsp3) is 0.167. The normalized spacial score (nSPS) is 11.1. The Balaban J connectivity index is 2.39. The van der Waals surface area contributed by atoms with E-state index in [-0.39, 0.29) is 0 Å². The molecule has 0 aliphatic carbocycles. The number of anilines is 1. The van der Waals surface area contributed by atoms with Crippen molar-refractivity contribution < 1.29 is 19.1 Å². The molecule has 1 rings (SSSR count). The van der Waals surface area contributed by atoms with Crippen LogP contribution in [0.25, 0.3) is 0 Å². The predicted molar refractivity (Wildman–Crippen MR) is 62.3 cm³/mol. The van der Waals surface area contributed by atoms with Crippen LogP contribution >= 0.6 is 0 Å². The summed E-state index contributed by atoms with van der Waals surface area (Å²) in [6.07, 6.45) is -0.667. The highest BCUT2D eigenvalue weighted by Crippen LogP contribution is 2.06. The Labute approximate surface area is 99.0 Å². The summed E-state index contributed by atoms with van der Waals surface area (Å²) in [7, 11) is 0. The van der Waals surface area contributed by atoms with Gasteiger partial charge in [0.25, 0.3) is 0 Å². The maximum atomic E-state index is 11.3. The first-order valence-electron chi connectivity index (χ1n) is 4.97. The average Bonchev–Trinajstić information content (AvgIpc) is 2.29. The third-order valence-electron chi connectivity index (χ3n) is 1.74. The molecular formula is C12H13NO4. The highest BCUT2D eigenvalue weighted by Gasteiger charge is 2.11. The van der Waals surface area contributed by atoms with Crippen molar-refractivity contribution in [2.24, 2.45) is 0 Å². The number of ether oxygens (including phenoxy) is 2. The largest absolute Gasteiger partial charge is 0.422 e. The monoisotopic (exact) mass is 235 g/mol. The van der Waals surface area contributed by atoms with Crippen molar-refractivity contribution in [3.63, 3.8) is 0 Å². The Kier molecular flexibility index (Phi) is 4.75. The van der Waals surface area contributed by atoms with E-state index in [0.29, 0.717) is 5.69 Å². The minimum absolute atomic E-state index is 0.597. The van der Waals surface area contributed by atoms with Crippen molar-refractivity contribution in [3.05, 3.63) is 43.0 Å². The second kappa shape index (κ2) is 6.32. The molecule has 1 aromatic carbocycles. The molecule has 1 N–H and O–H groups in total. The lowest BCUT2D eigenvalue weighted by atomic mass is 10.3. The minimum atomic E-state index is -0.968. The number of carbonyl (C=O) groups excluding carboxylic acids is 2. The van der Waals surface area contributed by atoms with E-state index in [1.165, 1.54) is 6.92 Å². The highest BCUT2D eigenvalue weighted by molar-refractivity contribution is 5.85. The molecule has 1 amide bonds. The third-order valence-corrected chi connectivity index (χ3v) is 1.74. The van der Waals surface area contributed by atoms with Gasteiger partial charge in [-0.2, -0.15) is 0 Å². The van der Waals surface area contributed by atoms with Crippen molar-refractivity contribution >= 4 is 17.7 Å². The van der Waals surface area contributed by atoms with Gasteiger partial charge in [0, 0.05) is 18.7 Å². The lowest BCUT2D eigenvalue weighted by Crippen LogP contribution is -2.24. The number of esters is 1. The number of benzene rings is 1. The van der Waals surface area contributed by atoms with Gasteiger partial charge in [0.15, 0.2) is 0 Å². The van der Waals surface area contributed by atoms with Crippen LogP contribution in [0.5, 0.6) is 0 Å². The zero-order chi connectivity index (χ0) is 12.7. The van der Waals surface area contributed by atoms with Gasteiger partial charge in [0.1, 0.15) is 0 Å². The van der Waals surface area contributed by atoms with Gasteiger partial charge in [0.2, 0.25) is 6.29 Å². The number of carbonyl (C=O) groups is 2. The fourth-order valence-corrected chi connectivity index (χ4v) is 1.06. The molecule has 1 unspecified atom stereocenters. The summed E-state index contributed by atoms with van der Waals surface area (Å²) in [5.41, 5.74) is 0.597. The van der Waals surface area contributed by atoms with Gasteiger partial charge < -0.3 is 9.47 Å². The first-order valence-corrected chi connectivity index (χ1v) is 4.97. The SMILES string of the molecule is C=CC(=O)OC(C)OC(=O)Nc1ccccc1. The van der Waals surface area contributed by atoms with Crippen molar-refractivity contribution in [2.75, 3.05) is 5.32 Å². The molecule has 0 saturated carbocycles. The second-order valence-electron chi connectivity index (χ2n) is 3.10. The van der Waals surface area contributed by atoms with Crippen LogP contribution in [-0.4, -0.2) is 18.4 Å². The van der Waals surface area contributed by atoms with E-state index in [1.807, 2.05) is 6.07 Å². The van der Waals surface area contributed by atoms with Gasteiger partial charge >= 0.3 is 12.1 Å². The van der Waals surface area contributed by atoms with Gasteiger partial charge in [-0.05, 0) is 12.1 Å². The quantitative estimate of drug-likeness (QED) is 0.494. The first kappa shape index (κ1) is 12.8. The Bertz CT molecular complexity index is 402. The van der Waals surface area contributed by atoms with Crippen LogP contribution in [0.1, 0.15) is 6.92 Å². The fourth-order valence-electron chi connectivity index (χ4n) is 1.06. The molecule has 0 aliphatic rings. The molecule has 1 atom stereocenters. The van der Waals surface area contributed by atoms with Crippen LogP contribution in [0.3, 0.4) is 0 Å². The molecule has 0 fully saturated rings. The molecule has 0 spiro atoms. The summed E-state index contributed by atoms with van der Waals surface area (Å²) in [4.78, 5) is 22.2. The number of para-hydroxylation sites is 1. The number of rotatable bonds is 4. The van der Waals surface area contributed by atoms with E-state index >= 15 is 0 Å². The van der Waals surface area contributed by atoms with Crippen molar-refractivity contribution in [1.82, 2.24) is 0 Å². The number of hydrogen-bond acceptors (Lipinski definition) is 4. The van der Waals surface area contributed by atoms with Crippen molar-refractivity contribution in [1.29, 1.82) is 0 Å². The maximum Gasteiger partial charge on any atom is 0.414 e. The van der Waals surface area contributed by atoms with Gasteiger partial charge in [-0.25, -0.2) is 9.59 Å². The highest BCUT2D eigenvalue weighted by atomic mass is 16.7. The Morgan fingerprint density at radius 2 is 1.94 bits per heavy atom. The molecule has 5 heteroatoms. The van der Waals surface area contributed by atoms with E-state index in [4.69, 9.17) is 4.74 Å². The van der Waals surface area contributed by atoms with Crippen LogP contribution in [0.2, 0.25) is 0 Å². The topological polar surface area (TPSA) is 64.6 Å². The van der Waals surface area contributed by atoms with Gasteiger partial charge in [-0.1, -0.05) is 24.8 Å². The van der Waals surface area contributed by atoms with Gasteiger partial charge in [0.05, 0.1) is 0 Å². The van der Waals surface area contributed by atoms with Crippen LogP contribution in [-0.2, 0) is 14.3 Å². The molecule has 1 aromatic rings. The van der Waals surface area contributed by atoms with Crippen LogP contribution in [0.15, 0.2) is 43.0 Å². The summed E-state index contributed by atoms with van der Waals surface area (Å²) in [6, 6.07) is 8.79. The molecule has 0 heterocycles. The molecule has 90 valence electrons. The predicted octanol–water partition coefficient (Wildman–Crippen LogP) is 2.31. The Morgan fingerprint density at radius 1 is 1.29 bits per heavy atom. The summed E-state index contributed by atoms with van der Waals surface area (Å²) in [5.74, 6) is -0.648. The zero-order valence-electron chi connectivity index (χ0n) is 9.38. The molecular weight excluding hydrogens is 222 g/mol. The van der Waals surface area contributed by atoms with E-state index in [9.17, 15) is 9.59 Å². The van der Waals surface area contributed by atoms with Crippen molar-refractivity contribution in [2.45, 2.75) is 13.2 Å². The molecule has 0 bridgehead atoms. The Hall–Kier alpha value is -2.30. The van der Waals surface area contributed by atoms with E-state index in [2.05, 4.69) is 16.6 Å². The van der Waals surface area contributed by atoms with Crippen LogP contribution in [0.4, 0.5) is 10.5 Å². The average molecular weight is 235 g/mol. The summed E-state index contributed by atoms with van der Waals surface area (Å²) >= 11 is 0. The Morgan fingerprint density at radius 3 is 2.53 bits per heavy atom. The number of hydrogen-bond donors (Lipinski definition) is 1. The second-order valence-corrected chi connectivity index (χ2v) is 3.10. The van der Waals surface area contributed by atoms with Gasteiger partial charge in [-0.3, -0.25) is 5.32 Å². The molecule has 0 saturated heterocycles. The number of nitrogens with one attached hydrogen (secondary N) is 1. The maximum absolute atomic E-state index is 11.3. The molecule has 0 aromatic heterocycles. The molecule has 0 aliphatic heterocycles. The third kappa shape index (κ3) is 4.83. The molecule has 0 radical (unpaired) electrons. The lowest BCUT2D eigenvalue weighted by Gasteiger charge is -2.13. The first-order chi connectivity index (χ1) is 8.11. The summed E-state index contributed by atoms with van der Waals surface area (Å²) < 4.78 is 9.45. The zero-order valence-corrected chi connectivity index (χ0v) is 9.38. The standard InChI is InChI=1S/C12H13NO4/c1-3-11(14)16-9(2)17-12(15)13-10-7-5-4-6-8-10/h3-9H,1H2,2H3,(H,13,15). The van der Waals surface area contributed by atoms with E-state index in [1.54, 1.807) is 24.3 Å². The molecule has 5 nitrogen and oxygen atoms in total. The van der Waals surface area contributed by atoms with Crippen LogP contribution in [0, 0.1) is 0 Å². The summed E-state index contributed by atoms with van der Waals surface area (Å²) in [6.45, 7) is 4.67. The molecule has 17 heavy (non-hydrogen) atoms. The van der Waals surface area contributed by atoms with E-state index in [0.717, 1.165) is 6.08 Å². The number of amides is 1. The van der Waals surface area contributed by atoms with Gasteiger partial charge in [-0.15, -0.1) is 0 Å². The minimum Gasteiger partial charge on any atom is -0.422 e. The lowest BCUT2D eigenvalue weighted by molar-refractivity contribution is -0.158. The smallest absolute Gasteiger partial charge is 0.414 e. The van der Waals surface area contributed by atoms with E-state index < -0.39 is 18.4 Å². The van der Waals surface area contributed by atoms with Crippen molar-refractivity contribution in [3.8, 4) is 0 Å². The summed E-state index contributed by atoms with van der Waals surface area (Å²) in [5, 5.41) is 2.49. The van der Waals surface area contributed by atoms with Crippen LogP contribution < -0.4 is 5.32 Å².